The first-order chi connectivity index (χ1) is 9.06. The molecule has 0 radical (unpaired) electrons. The molecule has 0 bridgehead atoms. The molecule has 0 unspecified atom stereocenters. The van der Waals surface area contributed by atoms with Gasteiger partial charge in [0.1, 0.15) is 17.3 Å². The van der Waals surface area contributed by atoms with Gasteiger partial charge in [0.2, 0.25) is 0 Å². The summed E-state index contributed by atoms with van der Waals surface area (Å²) in [5.41, 5.74) is 2.33. The summed E-state index contributed by atoms with van der Waals surface area (Å²) >= 11 is 3.51. The van der Waals surface area contributed by atoms with E-state index in [1.54, 1.807) is 6.07 Å². The maximum atomic E-state index is 13.4. The van der Waals surface area contributed by atoms with Gasteiger partial charge in [-0.2, -0.15) is 0 Å². The molecule has 0 atom stereocenters. The number of nitrogens with zero attached hydrogens (tertiary/aromatic N) is 3. The molecule has 19 heavy (non-hydrogen) atoms. The topological polar surface area (TPSA) is 30.7 Å². The normalized spacial score (nSPS) is 11.2. The molecule has 0 aliphatic heterocycles. The first-order valence-electron chi connectivity index (χ1n) is 5.81. The molecule has 5 heteroatoms. The lowest BCUT2D eigenvalue weighted by molar-refractivity contribution is 0.628. The van der Waals surface area contributed by atoms with Crippen molar-refractivity contribution in [3.05, 3.63) is 46.6 Å². The zero-order valence-electron chi connectivity index (χ0n) is 10.5. The maximum Gasteiger partial charge on any atom is 0.145 e. The minimum Gasteiger partial charge on any atom is -0.334 e. The summed E-state index contributed by atoms with van der Waals surface area (Å²) in [6.07, 6.45) is 1.93. The van der Waals surface area contributed by atoms with Crippen LogP contribution in [0.4, 0.5) is 4.39 Å². The van der Waals surface area contributed by atoms with Gasteiger partial charge in [0.05, 0.1) is 11.1 Å². The summed E-state index contributed by atoms with van der Waals surface area (Å²) in [4.78, 5) is 8.90. The fourth-order valence-corrected chi connectivity index (χ4v) is 2.85. The summed E-state index contributed by atoms with van der Waals surface area (Å²) in [5, 5.41) is 0.902. The van der Waals surface area contributed by atoms with E-state index in [1.807, 2.05) is 30.8 Å². The van der Waals surface area contributed by atoms with Crippen molar-refractivity contribution in [2.24, 2.45) is 7.05 Å². The molecule has 0 aliphatic carbocycles. The molecule has 2 aromatic heterocycles. The second-order valence-corrected chi connectivity index (χ2v) is 5.27. The third-order valence-electron chi connectivity index (χ3n) is 2.98. The number of benzene rings is 1. The van der Waals surface area contributed by atoms with Crippen LogP contribution in [0.25, 0.3) is 22.3 Å². The van der Waals surface area contributed by atoms with Crippen molar-refractivity contribution in [1.29, 1.82) is 0 Å². The van der Waals surface area contributed by atoms with Crippen LogP contribution < -0.4 is 0 Å². The minimum atomic E-state index is -0.269. The Hall–Kier alpha value is -1.75. The summed E-state index contributed by atoms with van der Waals surface area (Å²) in [6, 6.07) is 6.45. The van der Waals surface area contributed by atoms with E-state index in [4.69, 9.17) is 0 Å². The van der Waals surface area contributed by atoms with Crippen molar-refractivity contribution in [3.8, 4) is 11.3 Å². The van der Waals surface area contributed by atoms with E-state index in [2.05, 4.69) is 25.9 Å². The molecular formula is C14H11BrFN3. The lowest BCUT2D eigenvalue weighted by Crippen LogP contribution is -1.96. The van der Waals surface area contributed by atoms with Crippen LogP contribution in [-0.4, -0.2) is 14.5 Å². The third kappa shape index (κ3) is 2.04. The van der Waals surface area contributed by atoms with Gasteiger partial charge in [-0.25, -0.2) is 14.4 Å². The Morgan fingerprint density at radius 3 is 2.79 bits per heavy atom. The molecule has 0 saturated heterocycles. The molecule has 96 valence electrons. The third-order valence-corrected chi connectivity index (χ3v) is 3.58. The molecule has 0 amide bonds. The molecule has 0 fully saturated rings. The Balaban J connectivity index is 2.40. The second-order valence-electron chi connectivity index (χ2n) is 4.42. The highest BCUT2D eigenvalue weighted by Crippen LogP contribution is 2.33. The molecule has 3 aromatic rings. The Bertz CT molecular complexity index is 780. The van der Waals surface area contributed by atoms with Crippen LogP contribution >= 0.6 is 15.9 Å². The number of halogens is 2. The molecule has 3 nitrogen and oxygen atoms in total. The van der Waals surface area contributed by atoms with E-state index in [9.17, 15) is 4.39 Å². The van der Waals surface area contributed by atoms with E-state index in [-0.39, 0.29) is 5.82 Å². The zero-order chi connectivity index (χ0) is 13.6. The average Bonchev–Trinajstić information content (AvgIpc) is 2.64. The number of hydrogen-bond acceptors (Lipinski definition) is 2. The van der Waals surface area contributed by atoms with Gasteiger partial charge < -0.3 is 4.57 Å². The van der Waals surface area contributed by atoms with Gasteiger partial charge in [-0.15, -0.1) is 0 Å². The van der Waals surface area contributed by atoms with Crippen LogP contribution in [0.15, 0.2) is 34.9 Å². The van der Waals surface area contributed by atoms with Gasteiger partial charge in [0, 0.05) is 23.3 Å². The summed E-state index contributed by atoms with van der Waals surface area (Å²) in [6.45, 7) is 1.84. The average molecular weight is 320 g/mol. The first-order valence-corrected chi connectivity index (χ1v) is 6.60. The van der Waals surface area contributed by atoms with Gasteiger partial charge >= 0.3 is 0 Å². The van der Waals surface area contributed by atoms with Crippen molar-refractivity contribution in [3.63, 3.8) is 0 Å². The van der Waals surface area contributed by atoms with Crippen molar-refractivity contribution in [1.82, 2.24) is 14.5 Å². The highest BCUT2D eigenvalue weighted by atomic mass is 79.9. The van der Waals surface area contributed by atoms with E-state index >= 15 is 0 Å². The SMILES string of the molecule is Cc1nc(-c2cccc(F)c2)c2c(Br)cn(C)c2n1. The summed E-state index contributed by atoms with van der Waals surface area (Å²) in [5.74, 6) is 0.398. The largest absolute Gasteiger partial charge is 0.334 e. The van der Waals surface area contributed by atoms with E-state index in [1.165, 1.54) is 12.1 Å². The number of fused-ring (bicyclic) bond motifs is 1. The standard InChI is InChI=1S/C14H11BrFN3/c1-8-17-13(9-4-3-5-10(16)6-9)12-11(15)7-19(2)14(12)18-8/h3-7H,1-2H3. The van der Waals surface area contributed by atoms with E-state index in [0.29, 0.717) is 5.82 Å². The lowest BCUT2D eigenvalue weighted by atomic mass is 10.1. The van der Waals surface area contributed by atoms with Crippen molar-refractivity contribution in [2.45, 2.75) is 6.92 Å². The fourth-order valence-electron chi connectivity index (χ4n) is 2.17. The number of aryl methyl sites for hydroxylation is 2. The predicted octanol–water partition coefficient (Wildman–Crippen LogP) is 3.85. The number of hydrogen-bond donors (Lipinski definition) is 0. The van der Waals surface area contributed by atoms with Crippen LogP contribution in [0.2, 0.25) is 0 Å². The molecule has 0 spiro atoms. The molecule has 0 saturated carbocycles. The van der Waals surface area contributed by atoms with Gasteiger partial charge in [-0.1, -0.05) is 12.1 Å². The maximum absolute atomic E-state index is 13.4. The van der Waals surface area contributed by atoms with Gasteiger partial charge in [-0.05, 0) is 35.0 Å². The van der Waals surface area contributed by atoms with E-state index in [0.717, 1.165) is 26.8 Å². The molecule has 1 aromatic carbocycles. The second kappa shape index (κ2) is 4.42. The molecular weight excluding hydrogens is 309 g/mol. The number of aromatic nitrogens is 3. The van der Waals surface area contributed by atoms with Gasteiger partial charge in [-0.3, -0.25) is 0 Å². The molecule has 0 N–H and O–H groups in total. The summed E-state index contributed by atoms with van der Waals surface area (Å²) < 4.78 is 16.2. The minimum absolute atomic E-state index is 0.269. The highest BCUT2D eigenvalue weighted by Gasteiger charge is 2.14. The molecule has 2 heterocycles. The molecule has 3 rings (SSSR count). The summed E-state index contributed by atoms with van der Waals surface area (Å²) in [7, 11) is 1.93. The zero-order valence-corrected chi connectivity index (χ0v) is 12.1. The van der Waals surface area contributed by atoms with E-state index < -0.39 is 0 Å². The Kier molecular flexibility index (Phi) is 2.86. The Morgan fingerprint density at radius 1 is 1.26 bits per heavy atom. The van der Waals surface area contributed by atoms with Crippen LogP contribution in [-0.2, 0) is 7.05 Å². The van der Waals surface area contributed by atoms with Crippen molar-refractivity contribution in [2.75, 3.05) is 0 Å². The Labute approximate surface area is 118 Å². The molecule has 0 aliphatic rings. The monoisotopic (exact) mass is 319 g/mol. The van der Waals surface area contributed by atoms with Gasteiger partial charge in [0.25, 0.3) is 0 Å². The van der Waals surface area contributed by atoms with Crippen LogP contribution in [0.1, 0.15) is 5.82 Å². The fraction of sp³-hybridized carbons (Fsp3) is 0.143. The van der Waals surface area contributed by atoms with Crippen LogP contribution in [0.3, 0.4) is 0 Å². The lowest BCUT2D eigenvalue weighted by Gasteiger charge is -2.05. The van der Waals surface area contributed by atoms with Crippen LogP contribution in [0, 0.1) is 12.7 Å². The number of rotatable bonds is 1. The van der Waals surface area contributed by atoms with Crippen LogP contribution in [0.5, 0.6) is 0 Å². The van der Waals surface area contributed by atoms with Crippen molar-refractivity contribution < 1.29 is 4.39 Å². The Morgan fingerprint density at radius 2 is 2.05 bits per heavy atom. The first kappa shape index (κ1) is 12.3. The quantitative estimate of drug-likeness (QED) is 0.682. The van der Waals surface area contributed by atoms with Crippen molar-refractivity contribution >= 4 is 27.0 Å². The predicted molar refractivity (Wildman–Crippen MR) is 76.3 cm³/mol. The van der Waals surface area contributed by atoms with Gasteiger partial charge in [0.15, 0.2) is 0 Å². The highest BCUT2D eigenvalue weighted by molar-refractivity contribution is 9.10. The smallest absolute Gasteiger partial charge is 0.145 e.